The molecule has 34 heavy (non-hydrogen) atoms. The lowest BCUT2D eigenvalue weighted by molar-refractivity contribution is -0.137. The molecule has 3 aromatic rings. The van der Waals surface area contributed by atoms with Gasteiger partial charge in [0, 0.05) is 20.1 Å². The summed E-state index contributed by atoms with van der Waals surface area (Å²) in [4.78, 5) is 38.9. The summed E-state index contributed by atoms with van der Waals surface area (Å²) in [6, 6.07) is 20.9. The standard InChI is InChI=1S/C26H25N5O3/c1-28-23-22(30-15-14-29(25(30)27-23)20-12-5-6-13-21(20)34-2)24(32)31(26(28)33)16-18-10-7-9-17-8-3-4-11-19(17)18/h3-13,22-23H,14-16H2,1-2H3. The zero-order valence-corrected chi connectivity index (χ0v) is 19.1. The first-order valence-corrected chi connectivity index (χ1v) is 11.4. The van der Waals surface area contributed by atoms with E-state index in [2.05, 4.69) is 4.90 Å². The summed E-state index contributed by atoms with van der Waals surface area (Å²) >= 11 is 0. The number of fused-ring (bicyclic) bond motifs is 4. The Hall–Kier alpha value is -4.07. The molecule has 3 aliphatic heterocycles. The Morgan fingerprint density at radius 1 is 0.971 bits per heavy atom. The second-order valence-electron chi connectivity index (χ2n) is 8.76. The second-order valence-corrected chi connectivity index (χ2v) is 8.76. The molecule has 0 aliphatic carbocycles. The monoisotopic (exact) mass is 455 g/mol. The Bertz CT molecular complexity index is 1330. The lowest BCUT2D eigenvalue weighted by Crippen LogP contribution is -2.64. The summed E-state index contributed by atoms with van der Waals surface area (Å²) in [5, 5.41) is 2.13. The van der Waals surface area contributed by atoms with E-state index in [1.807, 2.05) is 71.6 Å². The number of carbonyl (C=O) groups is 2. The first kappa shape index (κ1) is 20.5. The molecule has 0 N–H and O–H groups in total. The number of hydrogen-bond donors (Lipinski definition) is 0. The van der Waals surface area contributed by atoms with Crippen LogP contribution in [0.2, 0.25) is 0 Å². The zero-order valence-electron chi connectivity index (χ0n) is 19.1. The number of rotatable bonds is 4. The van der Waals surface area contributed by atoms with Crippen molar-refractivity contribution in [2.45, 2.75) is 18.8 Å². The van der Waals surface area contributed by atoms with Gasteiger partial charge in [0.15, 0.2) is 12.2 Å². The van der Waals surface area contributed by atoms with E-state index in [-0.39, 0.29) is 18.5 Å². The fraction of sp³-hybridized carbons (Fsp3) is 0.269. The number of methoxy groups -OCH3 is 1. The Labute approximate surface area is 197 Å². The summed E-state index contributed by atoms with van der Waals surface area (Å²) in [5.41, 5.74) is 1.85. The summed E-state index contributed by atoms with van der Waals surface area (Å²) in [6.45, 7) is 1.57. The van der Waals surface area contributed by atoms with Gasteiger partial charge in [0.1, 0.15) is 5.75 Å². The Balaban J connectivity index is 1.33. The van der Waals surface area contributed by atoms with Gasteiger partial charge in [-0.2, -0.15) is 0 Å². The van der Waals surface area contributed by atoms with Gasteiger partial charge in [-0.05, 0) is 28.5 Å². The van der Waals surface area contributed by atoms with Crippen LogP contribution in [0.25, 0.3) is 10.8 Å². The number of anilines is 1. The number of nitrogens with zero attached hydrogens (tertiary/aromatic N) is 5. The van der Waals surface area contributed by atoms with E-state index in [0.717, 1.165) is 27.8 Å². The largest absolute Gasteiger partial charge is 0.495 e. The number of urea groups is 1. The van der Waals surface area contributed by atoms with Crippen molar-refractivity contribution in [1.82, 2.24) is 14.7 Å². The molecule has 172 valence electrons. The van der Waals surface area contributed by atoms with E-state index in [0.29, 0.717) is 19.0 Å². The van der Waals surface area contributed by atoms with Gasteiger partial charge in [-0.3, -0.25) is 9.69 Å². The van der Waals surface area contributed by atoms with Crippen LogP contribution in [0.1, 0.15) is 5.56 Å². The molecule has 3 aliphatic rings. The molecule has 8 nitrogen and oxygen atoms in total. The van der Waals surface area contributed by atoms with Crippen molar-refractivity contribution >= 4 is 34.4 Å². The highest BCUT2D eigenvalue weighted by Gasteiger charge is 2.54. The maximum Gasteiger partial charge on any atom is 0.328 e. The normalized spacial score (nSPS) is 21.8. The van der Waals surface area contributed by atoms with Crippen molar-refractivity contribution in [3.05, 3.63) is 72.3 Å². The number of ether oxygens (including phenoxy) is 1. The molecule has 2 unspecified atom stereocenters. The first-order chi connectivity index (χ1) is 16.6. The van der Waals surface area contributed by atoms with Crippen molar-refractivity contribution in [2.75, 3.05) is 32.1 Å². The van der Waals surface area contributed by atoms with E-state index in [1.165, 1.54) is 4.90 Å². The molecule has 2 atom stereocenters. The highest BCUT2D eigenvalue weighted by molar-refractivity contribution is 6.08. The molecular weight excluding hydrogens is 430 g/mol. The highest BCUT2D eigenvalue weighted by atomic mass is 16.5. The van der Waals surface area contributed by atoms with Crippen LogP contribution in [-0.4, -0.2) is 72.1 Å². The second kappa shape index (κ2) is 7.76. The average molecular weight is 456 g/mol. The quantitative estimate of drug-likeness (QED) is 0.605. The molecule has 0 bridgehead atoms. The molecule has 0 saturated carbocycles. The molecule has 2 fully saturated rings. The van der Waals surface area contributed by atoms with Gasteiger partial charge >= 0.3 is 6.03 Å². The van der Waals surface area contributed by atoms with Gasteiger partial charge in [0.25, 0.3) is 5.91 Å². The van der Waals surface area contributed by atoms with Crippen molar-refractivity contribution in [1.29, 1.82) is 0 Å². The van der Waals surface area contributed by atoms with Crippen LogP contribution >= 0.6 is 0 Å². The van der Waals surface area contributed by atoms with E-state index in [9.17, 15) is 9.59 Å². The van der Waals surface area contributed by atoms with Crippen LogP contribution < -0.4 is 9.64 Å². The molecular formula is C26H25N5O3. The number of imide groups is 1. The van der Waals surface area contributed by atoms with Crippen molar-refractivity contribution in [3.8, 4) is 5.75 Å². The molecule has 3 amide bonds. The van der Waals surface area contributed by atoms with Crippen LogP contribution in [-0.2, 0) is 11.3 Å². The summed E-state index contributed by atoms with van der Waals surface area (Å²) in [7, 11) is 3.37. The van der Waals surface area contributed by atoms with Crippen LogP contribution in [0.4, 0.5) is 10.5 Å². The minimum absolute atomic E-state index is 0.207. The minimum Gasteiger partial charge on any atom is -0.495 e. The van der Waals surface area contributed by atoms with E-state index >= 15 is 0 Å². The fourth-order valence-electron chi connectivity index (χ4n) is 5.26. The Morgan fingerprint density at radius 3 is 2.59 bits per heavy atom. The smallest absolute Gasteiger partial charge is 0.328 e. The van der Waals surface area contributed by atoms with E-state index in [1.54, 1.807) is 19.1 Å². The number of amides is 3. The maximum atomic E-state index is 13.7. The number of likely N-dealkylation sites (N-methyl/N-ethyl adjacent to an activating group) is 1. The topological polar surface area (TPSA) is 68.7 Å². The van der Waals surface area contributed by atoms with E-state index in [4.69, 9.17) is 9.73 Å². The average Bonchev–Trinajstić information content (AvgIpc) is 3.45. The number of benzene rings is 3. The van der Waals surface area contributed by atoms with Gasteiger partial charge in [0.2, 0.25) is 5.96 Å². The Morgan fingerprint density at radius 2 is 1.74 bits per heavy atom. The molecule has 6 rings (SSSR count). The molecule has 0 spiro atoms. The molecule has 0 radical (unpaired) electrons. The minimum atomic E-state index is -0.545. The van der Waals surface area contributed by atoms with Gasteiger partial charge in [0.05, 0.1) is 19.3 Å². The fourth-order valence-corrected chi connectivity index (χ4v) is 5.26. The SMILES string of the molecule is COc1ccccc1N1CCN2C1=NC1C2C(=O)N(Cc2cccc3ccccc23)C(=O)N1C. The Kier molecular flexibility index (Phi) is 4.69. The number of para-hydroxylation sites is 2. The molecule has 2 saturated heterocycles. The van der Waals surface area contributed by atoms with Crippen LogP contribution in [0.5, 0.6) is 5.75 Å². The number of carbonyl (C=O) groups excluding carboxylic acids is 2. The third kappa shape index (κ3) is 2.95. The third-order valence-corrected chi connectivity index (χ3v) is 6.96. The maximum absolute atomic E-state index is 13.7. The van der Waals surface area contributed by atoms with Crippen molar-refractivity contribution in [2.24, 2.45) is 4.99 Å². The van der Waals surface area contributed by atoms with Gasteiger partial charge in [-0.15, -0.1) is 0 Å². The lowest BCUT2D eigenvalue weighted by atomic mass is 10.0. The summed E-state index contributed by atoms with van der Waals surface area (Å²) in [6.07, 6.45) is -0.545. The van der Waals surface area contributed by atoms with Gasteiger partial charge in [-0.25, -0.2) is 9.79 Å². The van der Waals surface area contributed by atoms with Crippen LogP contribution in [0.15, 0.2) is 71.7 Å². The van der Waals surface area contributed by atoms with Crippen LogP contribution in [0.3, 0.4) is 0 Å². The number of aliphatic imine (C=N–C) groups is 1. The predicted octanol–water partition coefficient (Wildman–Crippen LogP) is 3.13. The molecule has 3 heterocycles. The van der Waals surface area contributed by atoms with Gasteiger partial charge in [-0.1, -0.05) is 54.6 Å². The van der Waals surface area contributed by atoms with Crippen LogP contribution in [0, 0.1) is 0 Å². The van der Waals surface area contributed by atoms with Crippen molar-refractivity contribution in [3.63, 3.8) is 0 Å². The summed E-state index contributed by atoms with van der Waals surface area (Å²) < 4.78 is 5.55. The lowest BCUT2D eigenvalue weighted by Gasteiger charge is -2.40. The number of hydrogen-bond acceptors (Lipinski definition) is 6. The third-order valence-electron chi connectivity index (χ3n) is 6.96. The van der Waals surface area contributed by atoms with Gasteiger partial charge < -0.3 is 19.4 Å². The molecule has 8 heteroatoms. The van der Waals surface area contributed by atoms with Crippen molar-refractivity contribution < 1.29 is 14.3 Å². The molecule has 0 aromatic heterocycles. The molecule has 3 aromatic carbocycles. The first-order valence-electron chi connectivity index (χ1n) is 11.4. The predicted molar refractivity (Wildman–Crippen MR) is 130 cm³/mol. The van der Waals surface area contributed by atoms with E-state index < -0.39 is 12.2 Å². The highest BCUT2D eigenvalue weighted by Crippen LogP contribution is 2.37. The summed E-state index contributed by atoms with van der Waals surface area (Å²) in [5.74, 6) is 1.25. The number of guanidine groups is 1. The zero-order chi connectivity index (χ0) is 23.4.